The molecule has 1 aromatic carbocycles. The molecule has 0 heterocycles. The van der Waals surface area contributed by atoms with Crippen LogP contribution >= 0.6 is 0 Å². The van der Waals surface area contributed by atoms with Gasteiger partial charge in [0.25, 0.3) is 0 Å². The minimum atomic E-state index is -0.766. The van der Waals surface area contributed by atoms with Crippen LogP contribution in [-0.4, -0.2) is 17.1 Å². The molecule has 0 saturated heterocycles. The van der Waals surface area contributed by atoms with E-state index >= 15 is 0 Å². The van der Waals surface area contributed by atoms with Gasteiger partial charge in [0.1, 0.15) is 0 Å². The molecule has 18 heavy (non-hydrogen) atoms. The van der Waals surface area contributed by atoms with Gasteiger partial charge in [-0.15, -0.1) is 0 Å². The average molecular weight is 247 g/mol. The molecule has 98 valence electrons. The third-order valence-electron chi connectivity index (χ3n) is 3.60. The van der Waals surface area contributed by atoms with E-state index in [4.69, 9.17) is 5.11 Å². The fourth-order valence-electron chi connectivity index (χ4n) is 2.49. The Balaban J connectivity index is 1.87. The van der Waals surface area contributed by atoms with Crippen LogP contribution in [-0.2, 0) is 17.8 Å². The van der Waals surface area contributed by atoms with E-state index in [0.717, 1.165) is 23.6 Å². The fourth-order valence-corrected chi connectivity index (χ4v) is 2.49. The summed E-state index contributed by atoms with van der Waals surface area (Å²) in [7, 11) is 0. The summed E-state index contributed by atoms with van der Waals surface area (Å²) in [5.74, 6) is 0.0689. The number of carboxylic acid groups (broad SMARTS) is 1. The molecule has 3 nitrogen and oxygen atoms in total. The first-order valence-corrected chi connectivity index (χ1v) is 6.72. The highest BCUT2D eigenvalue weighted by atomic mass is 16.4. The molecule has 0 spiro atoms. The summed E-state index contributed by atoms with van der Waals surface area (Å²) in [5.41, 5.74) is 2.03. The van der Waals surface area contributed by atoms with Crippen LogP contribution in [0.4, 0.5) is 0 Å². The zero-order chi connectivity index (χ0) is 13.0. The molecular weight excluding hydrogens is 226 g/mol. The van der Waals surface area contributed by atoms with E-state index in [9.17, 15) is 4.79 Å². The number of rotatable bonds is 7. The van der Waals surface area contributed by atoms with Gasteiger partial charge in [0, 0.05) is 12.6 Å². The van der Waals surface area contributed by atoms with Gasteiger partial charge in [0.15, 0.2) is 0 Å². The largest absolute Gasteiger partial charge is 0.481 e. The second kappa shape index (κ2) is 6.01. The zero-order valence-corrected chi connectivity index (χ0v) is 10.9. The Morgan fingerprint density at radius 2 is 2.11 bits per heavy atom. The lowest BCUT2D eigenvalue weighted by Crippen LogP contribution is -2.19. The molecule has 2 atom stereocenters. The van der Waals surface area contributed by atoms with Gasteiger partial charge < -0.3 is 10.4 Å². The summed E-state index contributed by atoms with van der Waals surface area (Å²) in [6.45, 7) is 3.01. The van der Waals surface area contributed by atoms with E-state index in [1.165, 1.54) is 19.3 Å². The van der Waals surface area contributed by atoms with Crippen molar-refractivity contribution in [2.75, 3.05) is 0 Å². The van der Waals surface area contributed by atoms with Crippen molar-refractivity contribution < 1.29 is 9.90 Å². The van der Waals surface area contributed by atoms with E-state index in [0.29, 0.717) is 6.04 Å². The van der Waals surface area contributed by atoms with E-state index in [1.54, 1.807) is 0 Å². The van der Waals surface area contributed by atoms with Crippen molar-refractivity contribution in [1.82, 2.24) is 5.32 Å². The minimum Gasteiger partial charge on any atom is -0.481 e. The summed E-state index contributed by atoms with van der Waals surface area (Å²) in [4.78, 5) is 10.8. The van der Waals surface area contributed by atoms with Crippen molar-refractivity contribution in [2.24, 2.45) is 5.92 Å². The molecule has 1 aliphatic carbocycles. The number of benzene rings is 1. The van der Waals surface area contributed by atoms with Crippen molar-refractivity contribution in [2.45, 2.75) is 45.2 Å². The topological polar surface area (TPSA) is 49.3 Å². The van der Waals surface area contributed by atoms with Crippen LogP contribution in [0.1, 0.15) is 37.3 Å². The summed E-state index contributed by atoms with van der Waals surface area (Å²) >= 11 is 0. The lowest BCUT2D eigenvalue weighted by Gasteiger charge is -2.09. The first-order chi connectivity index (χ1) is 8.70. The molecule has 0 radical (unpaired) electrons. The maximum Gasteiger partial charge on any atom is 0.307 e. The van der Waals surface area contributed by atoms with Crippen molar-refractivity contribution in [3.63, 3.8) is 0 Å². The molecule has 2 unspecified atom stereocenters. The number of carbonyl (C=O) groups is 1. The molecule has 1 aromatic rings. The Hall–Kier alpha value is -1.35. The first-order valence-electron chi connectivity index (χ1n) is 6.72. The first kappa shape index (κ1) is 13.1. The molecule has 2 rings (SSSR count). The minimum absolute atomic E-state index is 0.112. The van der Waals surface area contributed by atoms with E-state index in [1.807, 2.05) is 24.3 Å². The van der Waals surface area contributed by atoms with Gasteiger partial charge in [-0.1, -0.05) is 37.6 Å². The SMILES string of the molecule is CCCC1CC1NCc1ccccc1CC(=O)O. The van der Waals surface area contributed by atoms with Gasteiger partial charge in [0.2, 0.25) is 0 Å². The molecule has 1 fully saturated rings. The van der Waals surface area contributed by atoms with E-state index in [-0.39, 0.29) is 6.42 Å². The zero-order valence-electron chi connectivity index (χ0n) is 10.9. The Kier molecular flexibility index (Phi) is 4.37. The Morgan fingerprint density at radius 1 is 1.39 bits per heavy atom. The van der Waals surface area contributed by atoms with Crippen molar-refractivity contribution in [3.8, 4) is 0 Å². The molecule has 3 heteroatoms. The van der Waals surface area contributed by atoms with Gasteiger partial charge >= 0.3 is 5.97 Å². The van der Waals surface area contributed by atoms with Crippen molar-refractivity contribution >= 4 is 5.97 Å². The molecule has 1 aliphatic rings. The highest BCUT2D eigenvalue weighted by Crippen LogP contribution is 2.34. The van der Waals surface area contributed by atoms with Crippen molar-refractivity contribution in [3.05, 3.63) is 35.4 Å². The number of aliphatic carboxylic acids is 1. The molecule has 0 amide bonds. The highest BCUT2D eigenvalue weighted by molar-refractivity contribution is 5.70. The maximum atomic E-state index is 10.8. The Morgan fingerprint density at radius 3 is 2.78 bits per heavy atom. The maximum absolute atomic E-state index is 10.8. The second-order valence-electron chi connectivity index (χ2n) is 5.11. The van der Waals surface area contributed by atoms with Gasteiger partial charge in [-0.25, -0.2) is 0 Å². The van der Waals surface area contributed by atoms with Gasteiger partial charge in [-0.05, 0) is 29.9 Å². The van der Waals surface area contributed by atoms with Crippen LogP contribution < -0.4 is 5.32 Å². The molecule has 0 aromatic heterocycles. The predicted molar refractivity (Wildman–Crippen MR) is 71.4 cm³/mol. The van der Waals surface area contributed by atoms with Crippen molar-refractivity contribution in [1.29, 1.82) is 0 Å². The summed E-state index contributed by atoms with van der Waals surface area (Å²) in [6, 6.07) is 8.43. The van der Waals surface area contributed by atoms with Crippen LogP contribution in [0, 0.1) is 5.92 Å². The smallest absolute Gasteiger partial charge is 0.307 e. The van der Waals surface area contributed by atoms with E-state index < -0.39 is 5.97 Å². The predicted octanol–water partition coefficient (Wildman–Crippen LogP) is 2.59. The van der Waals surface area contributed by atoms with Crippen LogP contribution in [0.25, 0.3) is 0 Å². The fraction of sp³-hybridized carbons (Fsp3) is 0.533. The van der Waals surface area contributed by atoms with Crippen LogP contribution in [0.15, 0.2) is 24.3 Å². The Bertz CT molecular complexity index is 417. The lowest BCUT2D eigenvalue weighted by atomic mass is 10.0. The third kappa shape index (κ3) is 3.57. The normalized spacial score (nSPS) is 21.8. The van der Waals surface area contributed by atoms with Crippen LogP contribution in [0.3, 0.4) is 0 Å². The number of carboxylic acids is 1. The number of nitrogens with one attached hydrogen (secondary N) is 1. The summed E-state index contributed by atoms with van der Waals surface area (Å²) < 4.78 is 0. The lowest BCUT2D eigenvalue weighted by molar-refractivity contribution is -0.136. The third-order valence-corrected chi connectivity index (χ3v) is 3.60. The standard InChI is InChI=1S/C15H21NO2/c1-2-5-12-8-14(12)16-10-13-7-4-3-6-11(13)9-15(17)18/h3-4,6-7,12,14,16H,2,5,8-10H2,1H3,(H,17,18). The monoisotopic (exact) mass is 247 g/mol. The van der Waals surface area contributed by atoms with Crippen LogP contribution in [0.2, 0.25) is 0 Å². The number of hydrogen-bond acceptors (Lipinski definition) is 2. The van der Waals surface area contributed by atoms with Gasteiger partial charge in [-0.2, -0.15) is 0 Å². The molecule has 1 saturated carbocycles. The summed E-state index contributed by atoms with van der Waals surface area (Å²) in [6.07, 6.45) is 3.93. The highest BCUT2D eigenvalue weighted by Gasteiger charge is 2.35. The molecule has 0 aliphatic heterocycles. The molecule has 2 N–H and O–H groups in total. The quantitative estimate of drug-likeness (QED) is 0.778. The number of hydrogen-bond donors (Lipinski definition) is 2. The second-order valence-corrected chi connectivity index (χ2v) is 5.11. The average Bonchev–Trinajstić information content (AvgIpc) is 3.06. The van der Waals surface area contributed by atoms with E-state index in [2.05, 4.69) is 12.2 Å². The van der Waals surface area contributed by atoms with Gasteiger partial charge in [-0.3, -0.25) is 4.79 Å². The van der Waals surface area contributed by atoms with Gasteiger partial charge in [0.05, 0.1) is 6.42 Å². The molecular formula is C15H21NO2. The Labute approximate surface area is 108 Å². The summed E-state index contributed by atoms with van der Waals surface area (Å²) in [5, 5.41) is 12.4. The van der Waals surface area contributed by atoms with Crippen LogP contribution in [0.5, 0.6) is 0 Å². The molecule has 0 bridgehead atoms.